The number of carbonyl (C=O) groups excluding carboxylic acids is 1. The van der Waals surface area contributed by atoms with Crippen LogP contribution in [0.3, 0.4) is 0 Å². The molecule has 8 nitrogen and oxygen atoms in total. The number of nitro groups is 1. The molecule has 0 bridgehead atoms. The van der Waals surface area contributed by atoms with Crippen molar-refractivity contribution in [3.05, 3.63) is 79.1 Å². The zero-order valence-electron chi connectivity index (χ0n) is 17.2. The molecule has 0 saturated carbocycles. The number of aryl methyl sites for hydroxylation is 2. The van der Waals surface area contributed by atoms with E-state index in [1.807, 2.05) is 24.0 Å². The fraction of sp³-hybridized carbons (Fsp3) is 0.273. The van der Waals surface area contributed by atoms with Crippen LogP contribution in [-0.4, -0.2) is 46.5 Å². The number of aromatic nitrogens is 1. The van der Waals surface area contributed by atoms with Gasteiger partial charge < -0.3 is 14.4 Å². The number of hydrogen-bond acceptors (Lipinski definition) is 5. The highest BCUT2D eigenvalue weighted by molar-refractivity contribution is 6.30. The van der Waals surface area contributed by atoms with Gasteiger partial charge in [0.1, 0.15) is 5.69 Å². The molecule has 1 saturated heterocycles. The molecular weight excluding hydrogens is 420 g/mol. The molecule has 1 aliphatic heterocycles. The van der Waals surface area contributed by atoms with Crippen molar-refractivity contribution in [3.63, 3.8) is 0 Å². The first kappa shape index (κ1) is 20.9. The third-order valence-corrected chi connectivity index (χ3v) is 5.91. The number of carbonyl (C=O) groups is 1. The van der Waals surface area contributed by atoms with E-state index in [0.717, 1.165) is 5.56 Å². The number of rotatable bonds is 3. The first-order valence-electron chi connectivity index (χ1n) is 9.85. The summed E-state index contributed by atoms with van der Waals surface area (Å²) < 4.78 is 1.32. The number of nitrogens with zero attached hydrogens (tertiary/aromatic N) is 4. The molecule has 2 aromatic carbocycles. The summed E-state index contributed by atoms with van der Waals surface area (Å²) in [6.45, 7) is 3.46. The minimum absolute atomic E-state index is 0.115. The van der Waals surface area contributed by atoms with Crippen LogP contribution in [-0.2, 0) is 7.05 Å². The fourth-order valence-electron chi connectivity index (χ4n) is 4.02. The second kappa shape index (κ2) is 8.03. The van der Waals surface area contributed by atoms with E-state index in [4.69, 9.17) is 11.6 Å². The fourth-order valence-corrected chi connectivity index (χ4v) is 4.15. The molecule has 1 aliphatic rings. The Balaban J connectivity index is 1.69. The third-order valence-electron chi connectivity index (χ3n) is 5.66. The van der Waals surface area contributed by atoms with Gasteiger partial charge in [0, 0.05) is 49.2 Å². The van der Waals surface area contributed by atoms with Gasteiger partial charge in [0.15, 0.2) is 0 Å². The summed E-state index contributed by atoms with van der Waals surface area (Å²) in [5.41, 5.74) is 1.37. The van der Waals surface area contributed by atoms with Crippen molar-refractivity contribution in [1.29, 1.82) is 0 Å². The van der Waals surface area contributed by atoms with Crippen LogP contribution in [0.15, 0.2) is 47.3 Å². The molecular formula is C22H21ClN4O4. The van der Waals surface area contributed by atoms with E-state index in [1.54, 1.807) is 42.3 Å². The quantitative estimate of drug-likeness (QED) is 0.460. The van der Waals surface area contributed by atoms with Crippen molar-refractivity contribution < 1.29 is 9.72 Å². The molecule has 4 rings (SSSR count). The van der Waals surface area contributed by atoms with Gasteiger partial charge in [-0.2, -0.15) is 0 Å². The average Bonchev–Trinajstić information content (AvgIpc) is 2.76. The summed E-state index contributed by atoms with van der Waals surface area (Å²) >= 11 is 5.90. The van der Waals surface area contributed by atoms with Crippen molar-refractivity contribution in [2.75, 3.05) is 31.1 Å². The number of amides is 1. The molecule has 0 atom stereocenters. The van der Waals surface area contributed by atoms with E-state index in [2.05, 4.69) is 0 Å². The minimum atomic E-state index is -0.643. The number of anilines is 1. The largest absolute Gasteiger partial charge is 0.362 e. The molecule has 0 N–H and O–H groups in total. The van der Waals surface area contributed by atoms with E-state index in [-0.39, 0.29) is 5.91 Å². The van der Waals surface area contributed by atoms with Crippen molar-refractivity contribution in [2.24, 2.45) is 7.05 Å². The third kappa shape index (κ3) is 3.74. The van der Waals surface area contributed by atoms with E-state index in [0.29, 0.717) is 53.4 Å². The predicted octanol–water partition coefficient (Wildman–Crippen LogP) is 3.37. The molecule has 0 radical (unpaired) electrons. The van der Waals surface area contributed by atoms with E-state index in [1.165, 1.54) is 4.57 Å². The van der Waals surface area contributed by atoms with Gasteiger partial charge in [-0.15, -0.1) is 0 Å². The summed E-state index contributed by atoms with van der Waals surface area (Å²) in [6.07, 6.45) is 0. The van der Waals surface area contributed by atoms with Gasteiger partial charge in [-0.25, -0.2) is 0 Å². The number of pyridine rings is 1. The Morgan fingerprint density at radius 2 is 1.71 bits per heavy atom. The van der Waals surface area contributed by atoms with E-state index < -0.39 is 16.2 Å². The Morgan fingerprint density at radius 3 is 2.32 bits per heavy atom. The van der Waals surface area contributed by atoms with Crippen LogP contribution in [0.1, 0.15) is 15.9 Å². The summed E-state index contributed by atoms with van der Waals surface area (Å²) in [5, 5.41) is 13.1. The van der Waals surface area contributed by atoms with Gasteiger partial charge in [0.25, 0.3) is 5.91 Å². The molecule has 3 aromatic rings. The van der Waals surface area contributed by atoms with Crippen molar-refractivity contribution in [1.82, 2.24) is 9.47 Å². The molecule has 160 valence electrons. The highest BCUT2D eigenvalue weighted by Gasteiger charge is 2.31. The van der Waals surface area contributed by atoms with Crippen LogP contribution in [0.4, 0.5) is 11.4 Å². The Hall–Kier alpha value is -3.39. The lowest BCUT2D eigenvalue weighted by Gasteiger charge is -2.36. The van der Waals surface area contributed by atoms with Crippen LogP contribution < -0.4 is 10.5 Å². The first-order valence-corrected chi connectivity index (χ1v) is 10.2. The van der Waals surface area contributed by atoms with Gasteiger partial charge in [-0.1, -0.05) is 23.2 Å². The second-order valence-electron chi connectivity index (χ2n) is 7.63. The normalized spacial score (nSPS) is 14.2. The maximum atomic E-state index is 12.8. The second-order valence-corrected chi connectivity index (χ2v) is 8.06. The number of hydrogen-bond donors (Lipinski definition) is 0. The van der Waals surface area contributed by atoms with Crippen molar-refractivity contribution >= 4 is 39.8 Å². The van der Waals surface area contributed by atoms with Crippen LogP contribution in [0.25, 0.3) is 10.9 Å². The van der Waals surface area contributed by atoms with E-state index >= 15 is 0 Å². The Bertz CT molecular complexity index is 1250. The van der Waals surface area contributed by atoms with Crippen LogP contribution in [0.5, 0.6) is 0 Å². The molecule has 0 unspecified atom stereocenters. The van der Waals surface area contributed by atoms with Gasteiger partial charge >= 0.3 is 11.2 Å². The molecule has 1 amide bonds. The molecule has 1 aromatic heterocycles. The standard InChI is InChI=1S/C22H21ClN4O4/c1-14-3-8-18-17(13-14)19(20(27(30)31)22(29)24(18)2)25-9-11-26(12-10-25)21(28)15-4-6-16(23)7-5-15/h3-8,13H,9-12H2,1-2H3. The van der Waals surface area contributed by atoms with E-state index in [9.17, 15) is 19.7 Å². The first-order chi connectivity index (χ1) is 14.8. The number of fused-ring (bicyclic) bond motifs is 1. The van der Waals surface area contributed by atoms with Crippen molar-refractivity contribution in [3.8, 4) is 0 Å². The zero-order valence-corrected chi connectivity index (χ0v) is 17.9. The number of halogens is 1. The zero-order chi connectivity index (χ0) is 22.3. The van der Waals surface area contributed by atoms with Gasteiger partial charge in [-0.3, -0.25) is 19.7 Å². The predicted molar refractivity (Wildman–Crippen MR) is 120 cm³/mol. The SMILES string of the molecule is Cc1ccc2c(c1)c(N1CCN(C(=O)c3ccc(Cl)cc3)CC1)c([N+](=O)[O-])c(=O)n2C. The lowest BCUT2D eigenvalue weighted by Crippen LogP contribution is -2.49. The minimum Gasteiger partial charge on any atom is -0.362 e. The summed E-state index contributed by atoms with van der Waals surface area (Å²) in [7, 11) is 1.54. The van der Waals surface area contributed by atoms with Crippen LogP contribution in [0, 0.1) is 17.0 Å². The summed E-state index contributed by atoms with van der Waals surface area (Å²) in [6, 6.07) is 12.2. The maximum absolute atomic E-state index is 12.8. The molecule has 0 aliphatic carbocycles. The Labute approximate surface area is 183 Å². The van der Waals surface area contributed by atoms with Crippen LogP contribution >= 0.6 is 11.6 Å². The lowest BCUT2D eigenvalue weighted by molar-refractivity contribution is -0.385. The maximum Gasteiger partial charge on any atom is 0.357 e. The Morgan fingerprint density at radius 1 is 1.06 bits per heavy atom. The summed E-state index contributed by atoms with van der Waals surface area (Å²) in [4.78, 5) is 40.3. The molecule has 9 heteroatoms. The van der Waals surface area contributed by atoms with Crippen LogP contribution in [0.2, 0.25) is 5.02 Å². The highest BCUT2D eigenvalue weighted by atomic mass is 35.5. The smallest absolute Gasteiger partial charge is 0.357 e. The number of piperazine rings is 1. The van der Waals surface area contributed by atoms with Gasteiger partial charge in [-0.05, 0) is 43.3 Å². The molecule has 0 spiro atoms. The molecule has 1 fully saturated rings. The number of benzene rings is 2. The monoisotopic (exact) mass is 440 g/mol. The molecule has 31 heavy (non-hydrogen) atoms. The molecule has 2 heterocycles. The Kier molecular flexibility index (Phi) is 5.41. The topological polar surface area (TPSA) is 88.7 Å². The summed E-state index contributed by atoms with van der Waals surface area (Å²) in [5.74, 6) is -0.115. The van der Waals surface area contributed by atoms with Gasteiger partial charge in [0.2, 0.25) is 0 Å². The highest BCUT2D eigenvalue weighted by Crippen LogP contribution is 2.34. The average molecular weight is 441 g/mol. The van der Waals surface area contributed by atoms with Gasteiger partial charge in [0.05, 0.1) is 10.4 Å². The van der Waals surface area contributed by atoms with Crippen molar-refractivity contribution in [2.45, 2.75) is 6.92 Å². The lowest BCUT2D eigenvalue weighted by atomic mass is 10.1.